The average Bonchev–Trinajstić information content (AvgIpc) is 2.63. The van der Waals surface area contributed by atoms with E-state index in [2.05, 4.69) is 14.6 Å². The maximum atomic E-state index is 12.3. The van der Waals surface area contributed by atoms with Gasteiger partial charge >= 0.3 is 0 Å². The van der Waals surface area contributed by atoms with Gasteiger partial charge in [-0.05, 0) is 29.8 Å². The molecule has 3 rings (SSSR count). The second-order valence-electron chi connectivity index (χ2n) is 5.52. The van der Waals surface area contributed by atoms with E-state index < -0.39 is 10.0 Å². The maximum Gasteiger partial charge on any atom is 0.240 e. The van der Waals surface area contributed by atoms with Gasteiger partial charge in [-0.1, -0.05) is 29.3 Å². The first kappa shape index (κ1) is 18.4. The number of rotatable bonds is 5. The summed E-state index contributed by atoms with van der Waals surface area (Å²) in [6.07, 6.45) is 1.67. The van der Waals surface area contributed by atoms with Crippen molar-refractivity contribution in [2.45, 2.75) is 11.4 Å². The lowest BCUT2D eigenvalue weighted by Gasteiger charge is -2.27. The highest BCUT2D eigenvalue weighted by molar-refractivity contribution is 7.89. The highest BCUT2D eigenvalue weighted by atomic mass is 35.5. The van der Waals surface area contributed by atoms with E-state index in [1.54, 1.807) is 6.20 Å². The highest BCUT2D eigenvalue weighted by Gasteiger charge is 2.16. The van der Waals surface area contributed by atoms with E-state index in [1.807, 2.05) is 12.1 Å². The van der Waals surface area contributed by atoms with Gasteiger partial charge in [0.25, 0.3) is 0 Å². The molecule has 1 fully saturated rings. The first-order valence-electron chi connectivity index (χ1n) is 7.68. The molecule has 1 aromatic carbocycles. The second kappa shape index (κ2) is 7.88. The minimum absolute atomic E-state index is 0.0693. The standard InChI is InChI=1S/C16H17Cl2N3O3S/c17-14-3-2-13(9-15(14)18)25(22,23)20-11-12-1-4-16(19-10-12)21-5-7-24-8-6-21/h1-4,9-10,20H,5-8,11H2. The number of morpholine rings is 1. The molecular formula is C16H17Cl2N3O3S. The van der Waals surface area contributed by atoms with Crippen molar-refractivity contribution in [3.05, 3.63) is 52.1 Å². The van der Waals surface area contributed by atoms with Crippen LogP contribution in [0.15, 0.2) is 41.4 Å². The normalized spacial score (nSPS) is 15.4. The summed E-state index contributed by atoms with van der Waals surface area (Å²) >= 11 is 11.7. The first-order chi connectivity index (χ1) is 12.0. The number of benzene rings is 1. The molecule has 0 atom stereocenters. The number of halogens is 2. The fourth-order valence-electron chi connectivity index (χ4n) is 2.41. The molecule has 1 aliphatic rings. The third-order valence-electron chi connectivity index (χ3n) is 3.81. The zero-order valence-corrected chi connectivity index (χ0v) is 15.6. The molecule has 0 saturated carbocycles. The molecule has 1 saturated heterocycles. The number of ether oxygens (including phenoxy) is 1. The van der Waals surface area contributed by atoms with Gasteiger partial charge in [-0.25, -0.2) is 18.1 Å². The Balaban J connectivity index is 1.65. The van der Waals surface area contributed by atoms with Crippen LogP contribution in [0.5, 0.6) is 0 Å². The van der Waals surface area contributed by atoms with Crippen LogP contribution in [0.3, 0.4) is 0 Å². The zero-order chi connectivity index (χ0) is 17.9. The van der Waals surface area contributed by atoms with E-state index in [9.17, 15) is 8.42 Å². The van der Waals surface area contributed by atoms with E-state index in [1.165, 1.54) is 18.2 Å². The van der Waals surface area contributed by atoms with Crippen molar-refractivity contribution in [1.29, 1.82) is 0 Å². The summed E-state index contributed by atoms with van der Waals surface area (Å²) in [5.41, 5.74) is 0.764. The SMILES string of the molecule is O=S(=O)(NCc1ccc(N2CCOCC2)nc1)c1ccc(Cl)c(Cl)c1. The van der Waals surface area contributed by atoms with E-state index in [-0.39, 0.29) is 16.5 Å². The van der Waals surface area contributed by atoms with Crippen molar-refractivity contribution in [3.8, 4) is 0 Å². The minimum Gasteiger partial charge on any atom is -0.378 e. The van der Waals surface area contributed by atoms with E-state index in [4.69, 9.17) is 27.9 Å². The van der Waals surface area contributed by atoms with Gasteiger partial charge in [-0.15, -0.1) is 0 Å². The quantitative estimate of drug-likeness (QED) is 0.833. The molecule has 9 heteroatoms. The predicted octanol–water partition coefficient (Wildman–Crippen LogP) is 2.70. The van der Waals surface area contributed by atoms with Gasteiger partial charge < -0.3 is 9.64 Å². The van der Waals surface area contributed by atoms with Crippen molar-refractivity contribution < 1.29 is 13.2 Å². The van der Waals surface area contributed by atoms with Gasteiger partial charge in [0.1, 0.15) is 5.82 Å². The van der Waals surface area contributed by atoms with E-state index in [0.717, 1.165) is 24.5 Å². The summed E-state index contributed by atoms with van der Waals surface area (Å²) in [6.45, 7) is 3.12. The Morgan fingerprint density at radius 2 is 1.88 bits per heavy atom. The highest BCUT2D eigenvalue weighted by Crippen LogP contribution is 2.24. The molecule has 1 aromatic heterocycles. The largest absolute Gasteiger partial charge is 0.378 e. The van der Waals surface area contributed by atoms with Crippen LogP contribution in [-0.4, -0.2) is 39.7 Å². The Morgan fingerprint density at radius 1 is 1.12 bits per heavy atom. The average molecular weight is 402 g/mol. The van der Waals surface area contributed by atoms with Crippen LogP contribution in [0.1, 0.15) is 5.56 Å². The molecule has 1 aliphatic heterocycles. The summed E-state index contributed by atoms with van der Waals surface area (Å²) in [6, 6.07) is 7.93. The molecular weight excluding hydrogens is 385 g/mol. The van der Waals surface area contributed by atoms with Gasteiger partial charge in [-0.2, -0.15) is 0 Å². The Hall–Kier alpha value is -1.38. The number of pyridine rings is 1. The van der Waals surface area contributed by atoms with Crippen LogP contribution in [-0.2, 0) is 21.3 Å². The Bertz CT molecular complexity index is 838. The van der Waals surface area contributed by atoms with Crippen LogP contribution in [0.2, 0.25) is 10.0 Å². The molecule has 0 spiro atoms. The van der Waals surface area contributed by atoms with Gasteiger partial charge in [0, 0.05) is 25.8 Å². The summed E-state index contributed by atoms with van der Waals surface area (Å²) in [4.78, 5) is 6.60. The zero-order valence-electron chi connectivity index (χ0n) is 13.3. The lowest BCUT2D eigenvalue weighted by atomic mass is 10.3. The molecule has 0 amide bonds. The van der Waals surface area contributed by atoms with Gasteiger partial charge in [0.15, 0.2) is 0 Å². The minimum atomic E-state index is -3.68. The predicted molar refractivity (Wildman–Crippen MR) is 97.8 cm³/mol. The summed E-state index contributed by atoms with van der Waals surface area (Å²) < 4.78 is 32.5. The van der Waals surface area contributed by atoms with Crippen molar-refractivity contribution in [1.82, 2.24) is 9.71 Å². The maximum absolute atomic E-state index is 12.3. The first-order valence-corrected chi connectivity index (χ1v) is 9.92. The number of hydrogen-bond acceptors (Lipinski definition) is 5. The number of hydrogen-bond donors (Lipinski definition) is 1. The third-order valence-corrected chi connectivity index (χ3v) is 5.95. The summed E-state index contributed by atoms with van der Waals surface area (Å²) in [7, 11) is -3.68. The fraction of sp³-hybridized carbons (Fsp3) is 0.312. The Labute approximate surface area is 156 Å². The van der Waals surface area contributed by atoms with E-state index in [0.29, 0.717) is 18.2 Å². The molecule has 0 radical (unpaired) electrons. The molecule has 0 aliphatic carbocycles. The lowest BCUT2D eigenvalue weighted by molar-refractivity contribution is 0.122. The summed E-state index contributed by atoms with van der Waals surface area (Å²) in [5.74, 6) is 0.861. The Kier molecular flexibility index (Phi) is 5.81. The molecule has 1 N–H and O–H groups in total. The number of nitrogens with one attached hydrogen (secondary N) is 1. The van der Waals surface area contributed by atoms with Gasteiger partial charge in [-0.3, -0.25) is 0 Å². The monoisotopic (exact) mass is 401 g/mol. The van der Waals surface area contributed by atoms with Crippen LogP contribution in [0.25, 0.3) is 0 Å². The van der Waals surface area contributed by atoms with Crippen molar-refractivity contribution in [2.75, 3.05) is 31.2 Å². The molecule has 25 heavy (non-hydrogen) atoms. The number of nitrogens with zero attached hydrogens (tertiary/aromatic N) is 2. The van der Waals surface area contributed by atoms with Gasteiger partial charge in [0.2, 0.25) is 10.0 Å². The van der Waals surface area contributed by atoms with E-state index >= 15 is 0 Å². The van der Waals surface area contributed by atoms with Crippen molar-refractivity contribution in [2.24, 2.45) is 0 Å². The smallest absolute Gasteiger partial charge is 0.240 e. The summed E-state index contributed by atoms with van der Waals surface area (Å²) in [5, 5.41) is 0.504. The molecule has 2 aromatic rings. The number of aromatic nitrogens is 1. The molecule has 2 heterocycles. The third kappa shape index (κ3) is 4.62. The second-order valence-corrected chi connectivity index (χ2v) is 8.11. The molecule has 134 valence electrons. The molecule has 0 unspecified atom stereocenters. The van der Waals surface area contributed by atoms with Crippen molar-refractivity contribution >= 4 is 39.0 Å². The van der Waals surface area contributed by atoms with Crippen LogP contribution in [0.4, 0.5) is 5.82 Å². The van der Waals surface area contributed by atoms with Crippen LogP contribution in [0, 0.1) is 0 Å². The Morgan fingerprint density at radius 3 is 2.52 bits per heavy atom. The topological polar surface area (TPSA) is 71.5 Å². The fourth-order valence-corrected chi connectivity index (χ4v) is 3.81. The molecule has 6 nitrogen and oxygen atoms in total. The number of sulfonamides is 1. The lowest BCUT2D eigenvalue weighted by Crippen LogP contribution is -2.36. The molecule has 0 bridgehead atoms. The van der Waals surface area contributed by atoms with Crippen LogP contribution >= 0.6 is 23.2 Å². The van der Waals surface area contributed by atoms with Crippen molar-refractivity contribution in [3.63, 3.8) is 0 Å². The van der Waals surface area contributed by atoms with Gasteiger partial charge in [0.05, 0.1) is 28.2 Å². The number of anilines is 1. The van der Waals surface area contributed by atoms with Crippen LogP contribution < -0.4 is 9.62 Å².